The van der Waals surface area contributed by atoms with Gasteiger partial charge in [0.1, 0.15) is 24.7 Å². The van der Waals surface area contributed by atoms with E-state index in [0.717, 1.165) is 56.0 Å². The van der Waals surface area contributed by atoms with Crippen molar-refractivity contribution in [1.82, 2.24) is 5.32 Å². The van der Waals surface area contributed by atoms with Crippen LogP contribution in [0.15, 0.2) is 218 Å². The molecule has 1 amide bonds. The van der Waals surface area contributed by atoms with Gasteiger partial charge in [-0.1, -0.05) is 202 Å². The molecule has 0 radical (unpaired) electrons. The third-order valence-corrected chi connectivity index (χ3v) is 9.86. The minimum atomic E-state index is -0.799. The summed E-state index contributed by atoms with van der Waals surface area (Å²) in [4.78, 5) is 22.9. The van der Waals surface area contributed by atoms with Gasteiger partial charge in [-0.15, -0.1) is 12.4 Å². The monoisotopic (exact) mass is 884 g/mol. The molecule has 0 aliphatic heterocycles. The average Bonchev–Trinajstić information content (AvgIpc) is 3.34. The van der Waals surface area contributed by atoms with Gasteiger partial charge in [0, 0.05) is 13.1 Å². The summed E-state index contributed by atoms with van der Waals surface area (Å²) >= 11 is 0. The predicted octanol–water partition coefficient (Wildman–Crippen LogP) is 12.6. The lowest BCUT2D eigenvalue weighted by Gasteiger charge is -2.10. The minimum Gasteiger partial charge on any atom is -0.489 e. The number of hydrogen-bond acceptors (Lipinski definition) is 5. The summed E-state index contributed by atoms with van der Waals surface area (Å²) < 4.78 is 11.5. The zero-order valence-electron chi connectivity index (χ0n) is 35.6. The number of benzene rings is 8. The number of carbonyl (C=O) groups excluding carboxylic acids is 1. The lowest BCUT2D eigenvalue weighted by Crippen LogP contribution is -2.24. The number of nitrogens with two attached hydrogens (primary N) is 1. The van der Waals surface area contributed by atoms with Crippen LogP contribution in [0.5, 0.6) is 11.5 Å². The van der Waals surface area contributed by atoms with Crippen LogP contribution in [-0.4, -0.2) is 17.0 Å². The Bertz CT molecular complexity index is 2570. The van der Waals surface area contributed by atoms with Crippen molar-refractivity contribution in [2.75, 3.05) is 0 Å². The van der Waals surface area contributed by atoms with Crippen molar-refractivity contribution in [3.63, 3.8) is 0 Å². The van der Waals surface area contributed by atoms with E-state index in [0.29, 0.717) is 32.7 Å². The fourth-order valence-corrected chi connectivity index (χ4v) is 6.50. The molecule has 0 saturated heterocycles. The molecule has 8 rings (SSSR count). The molecule has 0 atom stereocenters. The molecular formula is C57H57ClN2O5. The van der Waals surface area contributed by atoms with Gasteiger partial charge >= 0.3 is 5.97 Å². The molecule has 0 bridgehead atoms. The normalized spacial score (nSPS) is 9.92. The highest BCUT2D eigenvalue weighted by atomic mass is 35.5. The van der Waals surface area contributed by atoms with Crippen LogP contribution >= 0.6 is 12.4 Å². The number of ether oxygens (including phenoxy) is 2. The topological polar surface area (TPSA) is 111 Å². The van der Waals surface area contributed by atoms with Crippen LogP contribution in [0.25, 0.3) is 22.3 Å². The third-order valence-electron chi connectivity index (χ3n) is 9.86. The van der Waals surface area contributed by atoms with Crippen molar-refractivity contribution in [2.24, 2.45) is 5.73 Å². The van der Waals surface area contributed by atoms with Crippen molar-refractivity contribution in [1.29, 1.82) is 0 Å². The van der Waals surface area contributed by atoms with E-state index in [4.69, 9.17) is 20.3 Å². The van der Waals surface area contributed by atoms with E-state index in [2.05, 4.69) is 29.6 Å². The van der Waals surface area contributed by atoms with Crippen LogP contribution in [0.2, 0.25) is 0 Å². The second kappa shape index (κ2) is 27.6. The fourth-order valence-electron chi connectivity index (χ4n) is 6.50. The van der Waals surface area contributed by atoms with Gasteiger partial charge in [0.25, 0.3) is 0 Å². The molecule has 0 heterocycles. The Hall–Kier alpha value is -7.45. The number of nitrogens with one attached hydrogen (secondary N) is 1. The summed E-state index contributed by atoms with van der Waals surface area (Å²) in [5.74, 6) is 0.870. The Labute approximate surface area is 390 Å². The number of carbonyl (C=O) groups is 2. The molecule has 65 heavy (non-hydrogen) atoms. The van der Waals surface area contributed by atoms with E-state index in [9.17, 15) is 9.59 Å². The number of hydrogen-bond donors (Lipinski definition) is 3. The van der Waals surface area contributed by atoms with Crippen LogP contribution in [0.3, 0.4) is 0 Å². The van der Waals surface area contributed by atoms with E-state index in [1.807, 2.05) is 194 Å². The summed E-state index contributed by atoms with van der Waals surface area (Å²) in [6.45, 7) is 2.14. The molecule has 8 aromatic carbocycles. The Morgan fingerprint density at radius 3 is 1.23 bits per heavy atom. The SMILES string of the molecule is C.Cl.NCc1cccc(OCc2ccccc2)c1.O=C(Cc1ccc(-c2ccccc2)cc1)NCc1cccc(OCc2ccccc2)c1.O=C(O)Cc1ccc(-c2ccccc2)cc1. The van der Waals surface area contributed by atoms with Gasteiger partial charge in [0.15, 0.2) is 0 Å². The zero-order chi connectivity index (χ0) is 43.9. The molecule has 0 aliphatic rings. The molecular weight excluding hydrogens is 828 g/mol. The number of halogens is 1. The first kappa shape index (κ1) is 50.2. The van der Waals surface area contributed by atoms with Crippen molar-refractivity contribution in [3.8, 4) is 33.8 Å². The Kier molecular flexibility index (Phi) is 21.3. The molecule has 0 saturated carbocycles. The molecule has 332 valence electrons. The highest BCUT2D eigenvalue weighted by molar-refractivity contribution is 5.85. The van der Waals surface area contributed by atoms with Crippen LogP contribution in [0.1, 0.15) is 40.8 Å². The highest BCUT2D eigenvalue weighted by Crippen LogP contribution is 2.21. The quantitative estimate of drug-likeness (QED) is 0.0946. The Balaban J connectivity index is 0.000000230. The fraction of sp³-hybridized carbons (Fsp3) is 0.123. The van der Waals surface area contributed by atoms with Gasteiger partial charge in [0.2, 0.25) is 5.91 Å². The van der Waals surface area contributed by atoms with Crippen LogP contribution in [0, 0.1) is 0 Å². The Morgan fingerprint density at radius 2 is 0.800 bits per heavy atom. The van der Waals surface area contributed by atoms with Crippen molar-refractivity contribution in [2.45, 2.75) is 46.6 Å². The molecule has 8 aromatic rings. The predicted molar refractivity (Wildman–Crippen MR) is 267 cm³/mol. The van der Waals surface area contributed by atoms with Gasteiger partial charge < -0.3 is 25.6 Å². The van der Waals surface area contributed by atoms with Crippen LogP contribution in [-0.2, 0) is 48.7 Å². The van der Waals surface area contributed by atoms with E-state index >= 15 is 0 Å². The smallest absolute Gasteiger partial charge is 0.307 e. The second-order valence-electron chi connectivity index (χ2n) is 14.7. The molecule has 0 fully saturated rings. The molecule has 0 unspecified atom stereocenters. The summed E-state index contributed by atoms with van der Waals surface area (Å²) in [6, 6.07) is 71.9. The van der Waals surface area contributed by atoms with E-state index in [-0.39, 0.29) is 32.2 Å². The highest BCUT2D eigenvalue weighted by Gasteiger charge is 2.06. The molecule has 4 N–H and O–H groups in total. The van der Waals surface area contributed by atoms with Crippen molar-refractivity contribution in [3.05, 3.63) is 252 Å². The third kappa shape index (κ3) is 17.7. The van der Waals surface area contributed by atoms with Gasteiger partial charge in [-0.05, 0) is 79.9 Å². The first-order valence-corrected chi connectivity index (χ1v) is 20.9. The van der Waals surface area contributed by atoms with Crippen LogP contribution < -0.4 is 20.5 Å². The maximum Gasteiger partial charge on any atom is 0.307 e. The standard InChI is InChI=1S/C28H25NO2.C14H15NO.C14H12O2.CH4.ClH/c30-28(19-22-14-16-26(17-15-22)25-11-5-2-6-12-25)29-20-24-10-7-13-27(18-24)31-21-23-8-3-1-4-9-23;15-10-13-7-4-8-14(9-13)16-11-12-5-2-1-3-6-12;15-14(16)10-11-6-8-13(9-7-11)12-4-2-1-3-5-12;;/h1-18H,19-21H2,(H,29,30);1-9H,10-11,15H2;1-9H,10H2,(H,15,16);1H4;1H. The van der Waals surface area contributed by atoms with Crippen molar-refractivity contribution < 1.29 is 24.2 Å². The summed E-state index contributed by atoms with van der Waals surface area (Å²) in [6.07, 6.45) is 0.439. The number of rotatable bonds is 15. The van der Waals surface area contributed by atoms with Gasteiger partial charge in [-0.3, -0.25) is 9.59 Å². The largest absolute Gasteiger partial charge is 0.489 e. The zero-order valence-corrected chi connectivity index (χ0v) is 36.4. The van der Waals surface area contributed by atoms with Gasteiger partial charge in [0.05, 0.1) is 12.8 Å². The summed E-state index contributed by atoms with van der Waals surface area (Å²) in [5.41, 5.74) is 16.4. The van der Waals surface area contributed by atoms with Gasteiger partial charge in [-0.25, -0.2) is 0 Å². The summed E-state index contributed by atoms with van der Waals surface area (Å²) in [5, 5.41) is 11.7. The molecule has 8 heteroatoms. The lowest BCUT2D eigenvalue weighted by molar-refractivity contribution is -0.136. The van der Waals surface area contributed by atoms with Crippen LogP contribution in [0.4, 0.5) is 0 Å². The molecule has 0 spiro atoms. The number of carboxylic acid groups (broad SMARTS) is 1. The Morgan fingerprint density at radius 1 is 0.431 bits per heavy atom. The first-order valence-electron chi connectivity index (χ1n) is 20.9. The maximum absolute atomic E-state index is 12.4. The number of amides is 1. The first-order chi connectivity index (χ1) is 30.9. The number of carboxylic acids is 1. The molecule has 0 aliphatic carbocycles. The van der Waals surface area contributed by atoms with E-state index < -0.39 is 5.97 Å². The number of aliphatic carboxylic acids is 1. The maximum atomic E-state index is 12.4. The molecule has 7 nitrogen and oxygen atoms in total. The average molecular weight is 886 g/mol. The minimum absolute atomic E-state index is 0. The van der Waals surface area contributed by atoms with E-state index in [1.165, 1.54) is 11.1 Å². The second-order valence-corrected chi connectivity index (χ2v) is 14.7. The van der Waals surface area contributed by atoms with Gasteiger partial charge in [-0.2, -0.15) is 0 Å². The lowest BCUT2D eigenvalue weighted by atomic mass is 10.0. The van der Waals surface area contributed by atoms with E-state index in [1.54, 1.807) is 0 Å². The van der Waals surface area contributed by atoms with Crippen molar-refractivity contribution >= 4 is 24.3 Å². The summed E-state index contributed by atoms with van der Waals surface area (Å²) in [7, 11) is 0. The molecule has 0 aromatic heterocycles.